The van der Waals surface area contributed by atoms with Gasteiger partial charge in [-0.3, -0.25) is 9.59 Å². The van der Waals surface area contributed by atoms with E-state index in [0.29, 0.717) is 43.0 Å². The fourth-order valence-electron chi connectivity index (χ4n) is 3.67. The molecule has 2 N–H and O–H groups in total. The van der Waals surface area contributed by atoms with Crippen LogP contribution in [0.15, 0.2) is 78.9 Å². The Morgan fingerprint density at radius 3 is 2.00 bits per heavy atom. The zero-order chi connectivity index (χ0) is 23.9. The molecule has 34 heavy (non-hydrogen) atoms. The van der Waals surface area contributed by atoms with Gasteiger partial charge in [0.2, 0.25) is 0 Å². The van der Waals surface area contributed by atoms with Crippen molar-refractivity contribution in [3.63, 3.8) is 0 Å². The highest BCUT2D eigenvalue weighted by Crippen LogP contribution is 2.13. The molecule has 0 bridgehead atoms. The fourth-order valence-corrected chi connectivity index (χ4v) is 3.67. The third-order valence-electron chi connectivity index (χ3n) is 5.64. The molecule has 1 fully saturated rings. The van der Waals surface area contributed by atoms with Gasteiger partial charge in [0.15, 0.2) is 0 Å². The highest BCUT2D eigenvalue weighted by atomic mass is 19.1. The number of urea groups is 1. The van der Waals surface area contributed by atoms with Gasteiger partial charge in [0.1, 0.15) is 5.82 Å². The highest BCUT2D eigenvalue weighted by Gasteiger charge is 2.24. The summed E-state index contributed by atoms with van der Waals surface area (Å²) in [7, 11) is 0. The van der Waals surface area contributed by atoms with E-state index in [1.54, 1.807) is 58.3 Å². The molecule has 174 valence electrons. The second kappa shape index (κ2) is 10.6. The number of halogens is 1. The number of benzene rings is 3. The van der Waals surface area contributed by atoms with Crippen LogP contribution in [0.2, 0.25) is 0 Å². The molecule has 0 unspecified atom stereocenters. The largest absolute Gasteiger partial charge is 0.348 e. The molecule has 1 aliphatic heterocycles. The lowest BCUT2D eigenvalue weighted by molar-refractivity contribution is 0.0671. The first-order chi connectivity index (χ1) is 16.5. The Labute approximate surface area is 197 Å². The molecule has 0 aromatic heterocycles. The van der Waals surface area contributed by atoms with Crippen LogP contribution in [0.4, 0.5) is 14.9 Å². The maximum atomic E-state index is 13.0. The Balaban J connectivity index is 1.25. The van der Waals surface area contributed by atoms with Gasteiger partial charge < -0.3 is 20.4 Å². The third-order valence-corrected chi connectivity index (χ3v) is 5.64. The second-order valence-corrected chi connectivity index (χ2v) is 7.96. The zero-order valence-electron chi connectivity index (χ0n) is 18.5. The van der Waals surface area contributed by atoms with Crippen LogP contribution in [0.1, 0.15) is 26.3 Å². The quantitative estimate of drug-likeness (QED) is 0.609. The first-order valence-electron chi connectivity index (χ1n) is 11.0. The molecule has 8 heteroatoms. The lowest BCUT2D eigenvalue weighted by Gasteiger charge is -2.34. The summed E-state index contributed by atoms with van der Waals surface area (Å²) in [5.74, 6) is -0.620. The third kappa shape index (κ3) is 5.78. The Morgan fingerprint density at radius 1 is 0.735 bits per heavy atom. The van der Waals surface area contributed by atoms with Crippen LogP contribution in [0.25, 0.3) is 0 Å². The first-order valence-corrected chi connectivity index (χ1v) is 11.0. The number of nitrogens with one attached hydrogen (secondary N) is 2. The van der Waals surface area contributed by atoms with Gasteiger partial charge in [-0.1, -0.05) is 30.3 Å². The van der Waals surface area contributed by atoms with Crippen LogP contribution in [0, 0.1) is 5.82 Å². The molecular weight excluding hydrogens is 435 g/mol. The summed E-state index contributed by atoms with van der Waals surface area (Å²) in [6.07, 6.45) is 0. The maximum Gasteiger partial charge on any atom is 0.321 e. The molecule has 0 spiro atoms. The number of hydrogen-bond donors (Lipinski definition) is 2. The zero-order valence-corrected chi connectivity index (χ0v) is 18.5. The van der Waals surface area contributed by atoms with Crippen LogP contribution in [-0.4, -0.2) is 53.8 Å². The molecule has 1 heterocycles. The minimum absolute atomic E-state index is 0.0334. The maximum absolute atomic E-state index is 13.0. The minimum Gasteiger partial charge on any atom is -0.348 e. The number of nitrogens with zero attached hydrogens (tertiary/aromatic N) is 2. The molecule has 0 aliphatic carbocycles. The average molecular weight is 461 g/mol. The monoisotopic (exact) mass is 460 g/mol. The van der Waals surface area contributed by atoms with Crippen LogP contribution in [0.5, 0.6) is 0 Å². The smallest absolute Gasteiger partial charge is 0.321 e. The Kier molecular flexibility index (Phi) is 7.17. The van der Waals surface area contributed by atoms with Crippen molar-refractivity contribution in [1.82, 2.24) is 15.1 Å². The van der Waals surface area contributed by atoms with Gasteiger partial charge in [-0.15, -0.1) is 0 Å². The van der Waals surface area contributed by atoms with E-state index in [4.69, 9.17) is 0 Å². The number of hydrogen-bond acceptors (Lipinski definition) is 3. The molecule has 3 aromatic rings. The van der Waals surface area contributed by atoms with E-state index in [-0.39, 0.29) is 30.2 Å². The molecule has 3 aromatic carbocycles. The lowest BCUT2D eigenvalue weighted by atomic mass is 10.1. The standard InChI is InChI=1S/C26H25FN4O3/c27-22-10-6-19(7-11-22)18-28-24(32)20-8-12-23(13-9-20)29-26(34)31-16-14-30(15-17-31)25(33)21-4-2-1-3-5-21/h1-13H,14-18H2,(H,28,32)(H,29,34). The summed E-state index contributed by atoms with van der Waals surface area (Å²) in [5, 5.41) is 5.62. The lowest BCUT2D eigenvalue weighted by Crippen LogP contribution is -2.51. The van der Waals surface area contributed by atoms with E-state index in [2.05, 4.69) is 10.6 Å². The number of anilines is 1. The van der Waals surface area contributed by atoms with E-state index in [9.17, 15) is 18.8 Å². The summed E-state index contributed by atoms with van der Waals surface area (Å²) >= 11 is 0. The number of rotatable bonds is 5. The number of amides is 4. The van der Waals surface area contributed by atoms with Crippen molar-refractivity contribution in [2.24, 2.45) is 0 Å². The van der Waals surface area contributed by atoms with Crippen molar-refractivity contribution in [3.05, 3.63) is 101 Å². The highest BCUT2D eigenvalue weighted by molar-refractivity contribution is 5.96. The Hall–Kier alpha value is -4.20. The Morgan fingerprint density at radius 2 is 1.35 bits per heavy atom. The molecule has 0 atom stereocenters. The van der Waals surface area contributed by atoms with Gasteiger partial charge in [-0.2, -0.15) is 0 Å². The van der Waals surface area contributed by atoms with Gasteiger partial charge in [-0.25, -0.2) is 9.18 Å². The number of carbonyl (C=O) groups is 3. The predicted octanol–water partition coefficient (Wildman–Crippen LogP) is 3.75. The van der Waals surface area contributed by atoms with Crippen LogP contribution in [0.3, 0.4) is 0 Å². The van der Waals surface area contributed by atoms with Crippen LogP contribution < -0.4 is 10.6 Å². The summed E-state index contributed by atoms with van der Waals surface area (Å²) < 4.78 is 13.0. The van der Waals surface area contributed by atoms with Crippen LogP contribution >= 0.6 is 0 Å². The predicted molar refractivity (Wildman–Crippen MR) is 127 cm³/mol. The van der Waals surface area contributed by atoms with Crippen molar-refractivity contribution >= 4 is 23.5 Å². The van der Waals surface area contributed by atoms with E-state index in [0.717, 1.165) is 5.56 Å². The molecule has 0 radical (unpaired) electrons. The van der Waals surface area contributed by atoms with Crippen molar-refractivity contribution in [3.8, 4) is 0 Å². The molecule has 1 aliphatic rings. The molecule has 4 rings (SSSR count). The SMILES string of the molecule is O=C(NCc1ccc(F)cc1)c1ccc(NC(=O)N2CCN(C(=O)c3ccccc3)CC2)cc1. The molecule has 1 saturated heterocycles. The van der Waals surface area contributed by atoms with Gasteiger partial charge in [0.05, 0.1) is 0 Å². The van der Waals surface area contributed by atoms with Crippen molar-refractivity contribution in [2.75, 3.05) is 31.5 Å². The normalized spacial score (nSPS) is 13.3. The summed E-state index contributed by atoms with van der Waals surface area (Å²) in [5.41, 5.74) is 2.46. The first kappa shape index (κ1) is 23.0. The van der Waals surface area contributed by atoms with Gasteiger partial charge in [0.25, 0.3) is 11.8 Å². The van der Waals surface area contributed by atoms with Crippen molar-refractivity contribution in [2.45, 2.75) is 6.54 Å². The molecule has 7 nitrogen and oxygen atoms in total. The van der Waals surface area contributed by atoms with Gasteiger partial charge >= 0.3 is 6.03 Å². The van der Waals surface area contributed by atoms with Crippen molar-refractivity contribution in [1.29, 1.82) is 0 Å². The van der Waals surface area contributed by atoms with E-state index < -0.39 is 0 Å². The van der Waals surface area contributed by atoms with Crippen molar-refractivity contribution < 1.29 is 18.8 Å². The molecular formula is C26H25FN4O3. The van der Waals surface area contributed by atoms with Crippen LogP contribution in [-0.2, 0) is 6.54 Å². The van der Waals surface area contributed by atoms with E-state index in [1.165, 1.54) is 12.1 Å². The second-order valence-electron chi connectivity index (χ2n) is 7.96. The van der Waals surface area contributed by atoms with E-state index >= 15 is 0 Å². The topological polar surface area (TPSA) is 81.8 Å². The summed E-state index contributed by atoms with van der Waals surface area (Å²) in [6.45, 7) is 2.10. The summed E-state index contributed by atoms with van der Waals surface area (Å²) in [6, 6.07) is 21.4. The molecule has 0 saturated carbocycles. The van der Waals surface area contributed by atoms with Gasteiger partial charge in [-0.05, 0) is 54.1 Å². The fraction of sp³-hybridized carbons (Fsp3) is 0.192. The molecule has 4 amide bonds. The number of carbonyl (C=O) groups excluding carboxylic acids is 3. The average Bonchev–Trinajstić information content (AvgIpc) is 2.89. The van der Waals surface area contributed by atoms with E-state index in [1.807, 2.05) is 18.2 Å². The van der Waals surface area contributed by atoms with Gasteiger partial charge in [0, 0.05) is 49.5 Å². The minimum atomic E-state index is -0.324. The summed E-state index contributed by atoms with van der Waals surface area (Å²) in [4.78, 5) is 40.9. The Bertz CT molecular complexity index is 1140. The number of piperazine rings is 1.